The van der Waals surface area contributed by atoms with Crippen LogP contribution < -0.4 is 5.32 Å². The monoisotopic (exact) mass is 273 g/mol. The molecule has 1 aromatic carbocycles. The van der Waals surface area contributed by atoms with Crippen molar-refractivity contribution in [2.24, 2.45) is 0 Å². The highest BCUT2D eigenvalue weighted by Gasteiger charge is 2.29. The minimum absolute atomic E-state index is 0.254. The van der Waals surface area contributed by atoms with E-state index in [1.54, 1.807) is 6.92 Å². The summed E-state index contributed by atoms with van der Waals surface area (Å²) in [5, 5.41) is 3.11. The van der Waals surface area contributed by atoms with Crippen LogP contribution in [-0.2, 0) is 0 Å². The highest BCUT2D eigenvalue weighted by Crippen LogP contribution is 2.40. The number of aryl methyl sites for hydroxylation is 1. The number of hydrogen-bond donors (Lipinski definition) is 1. The van der Waals surface area contributed by atoms with Gasteiger partial charge in [0.1, 0.15) is 0 Å². The minimum atomic E-state index is -0.254. The Hall–Kier alpha value is -1.97. The number of hydrogen-bond acceptors (Lipinski definition) is 3. The molecule has 4 heteroatoms. The molecule has 20 heavy (non-hydrogen) atoms. The number of halogens is 1. The number of nitrogens with one attached hydrogen (secondary N) is 1. The first-order chi connectivity index (χ1) is 9.74. The molecular weight excluding hydrogens is 253 g/mol. The first-order valence-corrected chi connectivity index (χ1v) is 7.10. The van der Waals surface area contributed by atoms with Gasteiger partial charge in [-0.25, -0.2) is 14.4 Å². The van der Waals surface area contributed by atoms with Gasteiger partial charge < -0.3 is 5.32 Å². The maximum Gasteiger partial charge on any atom is 0.227 e. The molecule has 1 N–H and O–H groups in total. The molecule has 0 spiro atoms. The molecule has 1 fully saturated rings. The smallest absolute Gasteiger partial charge is 0.227 e. The second kappa shape index (κ2) is 6.46. The molecule has 1 saturated carbocycles. The maximum absolute atomic E-state index is 13.9. The highest BCUT2D eigenvalue weighted by molar-refractivity contribution is 5.53. The molecule has 0 bridgehead atoms. The van der Waals surface area contributed by atoms with Gasteiger partial charge in [-0.3, -0.25) is 0 Å². The van der Waals surface area contributed by atoms with E-state index in [4.69, 9.17) is 0 Å². The van der Waals surface area contributed by atoms with Gasteiger partial charge in [0, 0.05) is 11.6 Å². The Bertz CT molecular complexity index is 565. The van der Waals surface area contributed by atoms with Crippen molar-refractivity contribution in [1.82, 2.24) is 9.97 Å². The number of aromatic nitrogens is 2. The zero-order chi connectivity index (χ0) is 14.5. The van der Waals surface area contributed by atoms with Gasteiger partial charge in [-0.05, 0) is 31.9 Å². The quantitative estimate of drug-likeness (QED) is 0.890. The lowest BCUT2D eigenvalue weighted by molar-refractivity contribution is 0.581. The molecule has 0 radical (unpaired) electrons. The van der Waals surface area contributed by atoms with E-state index in [0.29, 0.717) is 17.3 Å². The van der Waals surface area contributed by atoms with Crippen LogP contribution in [0.1, 0.15) is 44.0 Å². The van der Waals surface area contributed by atoms with Crippen molar-refractivity contribution >= 4 is 11.6 Å². The van der Waals surface area contributed by atoms with E-state index in [1.165, 1.54) is 0 Å². The van der Waals surface area contributed by atoms with E-state index in [0.717, 1.165) is 18.5 Å². The maximum atomic E-state index is 13.9. The predicted octanol–water partition coefficient (Wildman–Crippen LogP) is 4.57. The molecule has 3 rings (SSSR count). The van der Waals surface area contributed by atoms with Crippen LogP contribution >= 0.6 is 0 Å². The first kappa shape index (κ1) is 14.4. The topological polar surface area (TPSA) is 37.8 Å². The lowest BCUT2D eigenvalue weighted by Crippen LogP contribution is -2.05. The van der Waals surface area contributed by atoms with Gasteiger partial charge >= 0.3 is 0 Å². The summed E-state index contributed by atoms with van der Waals surface area (Å²) < 4.78 is 13.9. The van der Waals surface area contributed by atoms with Crippen molar-refractivity contribution in [2.45, 2.75) is 39.5 Å². The van der Waals surface area contributed by atoms with Crippen molar-refractivity contribution in [3.8, 4) is 0 Å². The Morgan fingerprint density at radius 3 is 2.35 bits per heavy atom. The third-order valence-electron chi connectivity index (χ3n) is 3.04. The number of rotatable bonds is 3. The zero-order valence-corrected chi connectivity index (χ0v) is 12.2. The van der Waals surface area contributed by atoms with Crippen LogP contribution in [0.4, 0.5) is 16.0 Å². The summed E-state index contributed by atoms with van der Waals surface area (Å²) in [6, 6.07) is 9.66. The first-order valence-electron chi connectivity index (χ1n) is 7.10. The third-order valence-corrected chi connectivity index (χ3v) is 3.04. The average Bonchev–Trinajstić information content (AvgIpc) is 3.30. The molecule has 0 unspecified atom stereocenters. The molecule has 0 atom stereocenters. The second-order valence-corrected chi connectivity index (χ2v) is 4.60. The molecule has 3 nitrogen and oxygen atoms in total. The minimum Gasteiger partial charge on any atom is -0.324 e. The fourth-order valence-corrected chi connectivity index (χ4v) is 1.92. The van der Waals surface area contributed by atoms with Gasteiger partial charge in [0.2, 0.25) is 5.95 Å². The standard InChI is InChI=1S/C14H14FN3.C2H6/c1-9-12(15)13(10-7-8-10)18-14(16-9)17-11-5-3-2-4-6-11;1-2/h2-6,10H,7-8H2,1H3,(H,16,17,18);1-2H3. The predicted molar refractivity (Wildman–Crippen MR) is 79.8 cm³/mol. The number of anilines is 2. The molecule has 0 amide bonds. The van der Waals surface area contributed by atoms with Crippen molar-refractivity contribution in [2.75, 3.05) is 5.32 Å². The molecule has 1 heterocycles. The van der Waals surface area contributed by atoms with Crippen LogP contribution in [0, 0.1) is 12.7 Å². The van der Waals surface area contributed by atoms with Crippen LogP contribution in [0.2, 0.25) is 0 Å². The summed E-state index contributed by atoms with van der Waals surface area (Å²) >= 11 is 0. The average molecular weight is 273 g/mol. The molecular formula is C16H20FN3. The SMILES string of the molecule is CC.Cc1nc(Nc2ccccc2)nc(C2CC2)c1F. The molecule has 1 aliphatic rings. The van der Waals surface area contributed by atoms with Gasteiger partial charge in [-0.1, -0.05) is 32.0 Å². The Labute approximate surface area is 119 Å². The lowest BCUT2D eigenvalue weighted by Gasteiger charge is -2.09. The van der Waals surface area contributed by atoms with Crippen LogP contribution in [0.15, 0.2) is 30.3 Å². The Kier molecular flexibility index (Phi) is 4.66. The highest BCUT2D eigenvalue weighted by atomic mass is 19.1. The van der Waals surface area contributed by atoms with E-state index in [9.17, 15) is 4.39 Å². The summed E-state index contributed by atoms with van der Waals surface area (Å²) in [5.41, 5.74) is 1.87. The van der Waals surface area contributed by atoms with Gasteiger partial charge in [0.05, 0.1) is 11.4 Å². The Morgan fingerprint density at radius 1 is 1.10 bits per heavy atom. The summed E-state index contributed by atoms with van der Waals surface area (Å²) in [6.45, 7) is 5.68. The number of nitrogens with zero attached hydrogens (tertiary/aromatic N) is 2. The van der Waals surface area contributed by atoms with Crippen LogP contribution in [0.5, 0.6) is 0 Å². The Morgan fingerprint density at radius 2 is 1.75 bits per heavy atom. The lowest BCUT2D eigenvalue weighted by atomic mass is 10.2. The molecule has 1 aromatic heterocycles. The fourth-order valence-electron chi connectivity index (χ4n) is 1.92. The van der Waals surface area contributed by atoms with Crippen LogP contribution in [0.25, 0.3) is 0 Å². The third kappa shape index (κ3) is 3.32. The van der Waals surface area contributed by atoms with Crippen LogP contribution in [0.3, 0.4) is 0 Å². The van der Waals surface area contributed by atoms with Crippen molar-refractivity contribution in [3.63, 3.8) is 0 Å². The van der Waals surface area contributed by atoms with Gasteiger partial charge in [0.25, 0.3) is 0 Å². The largest absolute Gasteiger partial charge is 0.324 e. The van der Waals surface area contributed by atoms with Crippen molar-refractivity contribution < 1.29 is 4.39 Å². The zero-order valence-electron chi connectivity index (χ0n) is 12.2. The van der Waals surface area contributed by atoms with Crippen molar-refractivity contribution in [1.29, 1.82) is 0 Å². The van der Waals surface area contributed by atoms with E-state index >= 15 is 0 Å². The summed E-state index contributed by atoms with van der Waals surface area (Å²) in [6.07, 6.45) is 2.05. The van der Waals surface area contributed by atoms with Gasteiger partial charge in [-0.2, -0.15) is 0 Å². The second-order valence-electron chi connectivity index (χ2n) is 4.60. The molecule has 106 valence electrons. The molecule has 1 aliphatic carbocycles. The fraction of sp³-hybridized carbons (Fsp3) is 0.375. The number of benzene rings is 1. The normalized spacial score (nSPS) is 13.4. The summed E-state index contributed by atoms with van der Waals surface area (Å²) in [7, 11) is 0. The molecule has 2 aromatic rings. The molecule has 0 saturated heterocycles. The van der Waals surface area contributed by atoms with Gasteiger partial charge in [0.15, 0.2) is 5.82 Å². The van der Waals surface area contributed by atoms with Crippen molar-refractivity contribution in [3.05, 3.63) is 47.5 Å². The van der Waals surface area contributed by atoms with E-state index in [1.807, 2.05) is 44.2 Å². The van der Waals surface area contributed by atoms with Gasteiger partial charge in [-0.15, -0.1) is 0 Å². The summed E-state index contributed by atoms with van der Waals surface area (Å²) in [5.74, 6) is 0.501. The Balaban J connectivity index is 0.000000704. The molecule has 0 aliphatic heterocycles. The van der Waals surface area contributed by atoms with E-state index < -0.39 is 0 Å². The number of para-hydroxylation sites is 1. The summed E-state index contributed by atoms with van der Waals surface area (Å²) in [4.78, 5) is 8.43. The van der Waals surface area contributed by atoms with E-state index in [2.05, 4.69) is 15.3 Å². The van der Waals surface area contributed by atoms with E-state index in [-0.39, 0.29) is 11.7 Å². The van der Waals surface area contributed by atoms with Crippen LogP contribution in [-0.4, -0.2) is 9.97 Å².